The molecule has 0 spiro atoms. The Labute approximate surface area is 93.5 Å². The number of benzene rings is 1. The molecule has 0 bridgehead atoms. The maximum Gasteiger partial charge on any atom is 0.138 e. The molecule has 0 saturated carbocycles. The van der Waals surface area contributed by atoms with Crippen molar-refractivity contribution in [2.75, 3.05) is 5.73 Å². The first-order valence-corrected chi connectivity index (χ1v) is 4.96. The molecule has 0 saturated heterocycles. The lowest BCUT2D eigenvalue weighted by molar-refractivity contribution is 0.347. The minimum Gasteiger partial charge on any atom is -0.512 e. The molecule has 16 heavy (non-hydrogen) atoms. The molecule has 4 heteroatoms. The van der Waals surface area contributed by atoms with Crippen LogP contribution in [0.4, 0.5) is 5.69 Å². The summed E-state index contributed by atoms with van der Waals surface area (Å²) in [6.45, 7) is 0. The number of aromatic hydroxyl groups is 1. The van der Waals surface area contributed by atoms with Crippen molar-refractivity contribution in [3.05, 3.63) is 47.7 Å². The Morgan fingerprint density at radius 1 is 1.25 bits per heavy atom. The average molecular weight is 218 g/mol. The van der Waals surface area contributed by atoms with Gasteiger partial charge >= 0.3 is 0 Å². The molecule has 1 atom stereocenters. The maximum absolute atomic E-state index is 9.53. The minimum absolute atomic E-state index is 0.00441. The predicted molar refractivity (Wildman–Crippen MR) is 62.9 cm³/mol. The van der Waals surface area contributed by atoms with Crippen LogP contribution in [-0.4, -0.2) is 10.2 Å². The van der Waals surface area contributed by atoms with Crippen molar-refractivity contribution in [1.29, 1.82) is 0 Å². The van der Waals surface area contributed by atoms with Crippen molar-refractivity contribution >= 4 is 5.69 Å². The Hall–Kier alpha value is -1.94. The highest BCUT2D eigenvalue weighted by Crippen LogP contribution is 2.33. The van der Waals surface area contributed by atoms with Crippen LogP contribution in [0.1, 0.15) is 12.0 Å². The van der Waals surface area contributed by atoms with Crippen LogP contribution in [0.5, 0.6) is 5.75 Å². The molecule has 0 heterocycles. The molecule has 1 unspecified atom stereocenters. The third-order valence-corrected chi connectivity index (χ3v) is 2.72. The number of hydrogen-bond acceptors (Lipinski definition) is 4. The van der Waals surface area contributed by atoms with Gasteiger partial charge in [-0.05, 0) is 23.8 Å². The smallest absolute Gasteiger partial charge is 0.138 e. The maximum atomic E-state index is 9.53. The van der Waals surface area contributed by atoms with E-state index in [1.807, 2.05) is 0 Å². The number of nitrogens with two attached hydrogens (primary N) is 2. The molecule has 0 amide bonds. The number of aliphatic hydroxyl groups excluding tert-OH is 1. The first-order valence-electron chi connectivity index (χ1n) is 4.96. The van der Waals surface area contributed by atoms with E-state index in [1.54, 1.807) is 30.4 Å². The van der Waals surface area contributed by atoms with Crippen molar-refractivity contribution in [2.24, 2.45) is 5.73 Å². The summed E-state index contributed by atoms with van der Waals surface area (Å²) in [5.41, 5.74) is 11.9. The van der Waals surface area contributed by atoms with Gasteiger partial charge < -0.3 is 21.7 Å². The molecule has 0 aromatic heterocycles. The highest BCUT2D eigenvalue weighted by molar-refractivity contribution is 5.55. The zero-order valence-electron chi connectivity index (χ0n) is 8.72. The summed E-state index contributed by atoms with van der Waals surface area (Å²) < 4.78 is 0. The summed E-state index contributed by atoms with van der Waals surface area (Å²) in [6.07, 6.45) is 5.40. The van der Waals surface area contributed by atoms with Crippen molar-refractivity contribution < 1.29 is 10.2 Å². The molecule has 1 aromatic rings. The molecule has 1 aliphatic rings. The molecule has 4 nitrogen and oxygen atoms in total. The van der Waals surface area contributed by atoms with Crippen LogP contribution in [0.2, 0.25) is 0 Å². The Kier molecular flexibility index (Phi) is 2.36. The van der Waals surface area contributed by atoms with Gasteiger partial charge in [0.1, 0.15) is 5.75 Å². The van der Waals surface area contributed by atoms with E-state index in [-0.39, 0.29) is 11.5 Å². The number of aliphatic hydroxyl groups is 1. The van der Waals surface area contributed by atoms with Gasteiger partial charge in [0.2, 0.25) is 0 Å². The standard InChI is InChI=1S/C12H14N2O2/c13-10-4-3-8(6-11(10)16)12(14)5-1-2-9(15)7-12/h1-6,15-16H,7,13-14H2. The fraction of sp³-hybridized carbons (Fsp3) is 0.167. The van der Waals surface area contributed by atoms with Crippen molar-refractivity contribution in [1.82, 2.24) is 0 Å². The summed E-state index contributed by atoms with van der Waals surface area (Å²) in [5, 5.41) is 19.0. The van der Waals surface area contributed by atoms with Gasteiger partial charge in [0.15, 0.2) is 0 Å². The number of hydrogen-bond donors (Lipinski definition) is 4. The lowest BCUT2D eigenvalue weighted by Gasteiger charge is -2.28. The average Bonchev–Trinajstić information content (AvgIpc) is 2.21. The Morgan fingerprint density at radius 2 is 2.00 bits per heavy atom. The van der Waals surface area contributed by atoms with Crippen LogP contribution in [0, 0.1) is 0 Å². The number of allylic oxidation sites excluding steroid dienone is 2. The Bertz CT molecular complexity index is 480. The lowest BCUT2D eigenvalue weighted by atomic mass is 9.84. The van der Waals surface area contributed by atoms with E-state index in [4.69, 9.17) is 11.5 Å². The molecule has 2 rings (SSSR count). The second-order valence-electron chi connectivity index (χ2n) is 4.01. The monoisotopic (exact) mass is 218 g/mol. The summed E-state index contributed by atoms with van der Waals surface area (Å²) >= 11 is 0. The normalized spacial score (nSPS) is 24.2. The lowest BCUT2D eigenvalue weighted by Crippen LogP contribution is -2.36. The Balaban J connectivity index is 2.41. The minimum atomic E-state index is -0.788. The third kappa shape index (κ3) is 1.75. The molecule has 1 aromatic carbocycles. The number of nitrogen functional groups attached to an aromatic ring is 1. The fourth-order valence-corrected chi connectivity index (χ4v) is 1.78. The number of phenols is 1. The highest BCUT2D eigenvalue weighted by atomic mass is 16.3. The molecule has 0 radical (unpaired) electrons. The fourth-order valence-electron chi connectivity index (χ4n) is 1.78. The number of anilines is 1. The molecule has 6 N–H and O–H groups in total. The first kappa shape index (κ1) is 10.6. The number of rotatable bonds is 1. The van der Waals surface area contributed by atoms with Gasteiger partial charge in [-0.2, -0.15) is 0 Å². The van der Waals surface area contributed by atoms with Crippen LogP contribution in [0.3, 0.4) is 0 Å². The molecule has 0 fully saturated rings. The topological polar surface area (TPSA) is 92.5 Å². The summed E-state index contributed by atoms with van der Waals surface area (Å²) in [5.74, 6) is 0.228. The molecule has 1 aliphatic carbocycles. The molecular weight excluding hydrogens is 204 g/mol. The van der Waals surface area contributed by atoms with Crippen LogP contribution in [-0.2, 0) is 5.54 Å². The number of phenolic OH excluding ortho intramolecular Hbond substituents is 1. The largest absolute Gasteiger partial charge is 0.512 e. The quantitative estimate of drug-likeness (QED) is 0.425. The van der Waals surface area contributed by atoms with E-state index in [0.29, 0.717) is 12.1 Å². The zero-order valence-corrected chi connectivity index (χ0v) is 8.72. The van der Waals surface area contributed by atoms with Crippen LogP contribution >= 0.6 is 0 Å². The van der Waals surface area contributed by atoms with E-state index in [2.05, 4.69) is 0 Å². The Morgan fingerprint density at radius 3 is 2.62 bits per heavy atom. The second-order valence-corrected chi connectivity index (χ2v) is 4.01. The third-order valence-electron chi connectivity index (χ3n) is 2.72. The SMILES string of the molecule is Nc1ccc(C2(N)C=CC=C(O)C2)cc1O. The van der Waals surface area contributed by atoms with Gasteiger partial charge in [-0.1, -0.05) is 18.2 Å². The van der Waals surface area contributed by atoms with Crippen LogP contribution in [0.15, 0.2) is 42.2 Å². The van der Waals surface area contributed by atoms with Gasteiger partial charge in [-0.25, -0.2) is 0 Å². The summed E-state index contributed by atoms with van der Waals surface area (Å²) in [4.78, 5) is 0. The van der Waals surface area contributed by atoms with Gasteiger partial charge in [0.25, 0.3) is 0 Å². The first-order chi connectivity index (χ1) is 7.51. The second kappa shape index (κ2) is 3.57. The van der Waals surface area contributed by atoms with Gasteiger partial charge in [0.05, 0.1) is 17.0 Å². The van der Waals surface area contributed by atoms with Crippen molar-refractivity contribution in [3.8, 4) is 5.75 Å². The summed E-state index contributed by atoms with van der Waals surface area (Å²) in [6, 6.07) is 4.87. The highest BCUT2D eigenvalue weighted by Gasteiger charge is 2.28. The van der Waals surface area contributed by atoms with Gasteiger partial charge in [-0.3, -0.25) is 0 Å². The van der Waals surface area contributed by atoms with Crippen LogP contribution in [0.25, 0.3) is 0 Å². The van der Waals surface area contributed by atoms with E-state index < -0.39 is 5.54 Å². The van der Waals surface area contributed by atoms with Crippen molar-refractivity contribution in [2.45, 2.75) is 12.0 Å². The predicted octanol–water partition coefficient (Wildman–Crippen LogP) is 1.53. The van der Waals surface area contributed by atoms with E-state index >= 15 is 0 Å². The molecule has 84 valence electrons. The van der Waals surface area contributed by atoms with Gasteiger partial charge in [-0.15, -0.1) is 0 Å². The van der Waals surface area contributed by atoms with Crippen molar-refractivity contribution in [3.63, 3.8) is 0 Å². The molecular formula is C12H14N2O2. The summed E-state index contributed by atoms with van der Waals surface area (Å²) in [7, 11) is 0. The van der Waals surface area contributed by atoms with E-state index in [9.17, 15) is 10.2 Å². The van der Waals surface area contributed by atoms with E-state index in [0.717, 1.165) is 5.56 Å². The molecule has 0 aliphatic heterocycles. The van der Waals surface area contributed by atoms with E-state index in [1.165, 1.54) is 6.07 Å². The zero-order chi connectivity index (χ0) is 11.8. The van der Waals surface area contributed by atoms with Crippen LogP contribution < -0.4 is 11.5 Å². The van der Waals surface area contributed by atoms with Gasteiger partial charge in [0, 0.05) is 6.42 Å².